The molecule has 2 aromatic carbocycles. The molecule has 0 fully saturated rings. The Labute approximate surface area is 143 Å². The van der Waals surface area contributed by atoms with Crippen molar-refractivity contribution in [3.05, 3.63) is 59.7 Å². The molecule has 124 valence electrons. The molecule has 0 N–H and O–H groups in total. The molecule has 2 heteroatoms. The average Bonchev–Trinajstić information content (AvgIpc) is 2.96. The standard InChI is InChI=1S/C22H24O2/c1-15-5-9-19(10-6-15)22-14-20-11-8-18(13-21(20)24-22)7-4-16(2)12-17(3)23/h5-6,8-11,13-14,16H,4,7,12H2,1-3H3/t16-/m0/s1. The van der Waals surface area contributed by atoms with E-state index in [2.05, 4.69) is 62.4 Å². The van der Waals surface area contributed by atoms with Crippen LogP contribution in [0.4, 0.5) is 0 Å². The van der Waals surface area contributed by atoms with Gasteiger partial charge in [0.25, 0.3) is 0 Å². The monoisotopic (exact) mass is 320 g/mol. The van der Waals surface area contributed by atoms with Crippen molar-refractivity contribution < 1.29 is 9.21 Å². The van der Waals surface area contributed by atoms with E-state index in [0.29, 0.717) is 12.3 Å². The van der Waals surface area contributed by atoms with E-state index < -0.39 is 0 Å². The van der Waals surface area contributed by atoms with E-state index in [1.54, 1.807) is 6.92 Å². The maximum absolute atomic E-state index is 11.2. The summed E-state index contributed by atoms with van der Waals surface area (Å²) in [5, 5.41) is 1.13. The first-order valence-corrected chi connectivity index (χ1v) is 8.60. The average molecular weight is 320 g/mol. The molecule has 0 saturated carbocycles. The molecule has 0 amide bonds. The molecule has 0 saturated heterocycles. The Hall–Kier alpha value is -2.35. The molecule has 0 aliphatic rings. The fourth-order valence-electron chi connectivity index (χ4n) is 3.10. The molecule has 1 heterocycles. The van der Waals surface area contributed by atoms with E-state index >= 15 is 0 Å². The van der Waals surface area contributed by atoms with Crippen molar-refractivity contribution in [2.45, 2.75) is 40.0 Å². The minimum Gasteiger partial charge on any atom is -0.456 e. The van der Waals surface area contributed by atoms with Crippen LogP contribution in [0.2, 0.25) is 0 Å². The first kappa shape index (κ1) is 16.5. The maximum atomic E-state index is 11.2. The molecule has 2 nitrogen and oxygen atoms in total. The van der Waals surface area contributed by atoms with Gasteiger partial charge in [-0.05, 0) is 50.3 Å². The normalized spacial score (nSPS) is 12.5. The van der Waals surface area contributed by atoms with E-state index in [0.717, 1.165) is 35.1 Å². The molecule has 24 heavy (non-hydrogen) atoms. The first-order valence-electron chi connectivity index (χ1n) is 8.60. The van der Waals surface area contributed by atoms with Crippen LogP contribution >= 0.6 is 0 Å². The third-order valence-corrected chi connectivity index (χ3v) is 4.48. The van der Waals surface area contributed by atoms with Gasteiger partial charge in [-0.3, -0.25) is 0 Å². The Balaban J connectivity index is 1.76. The van der Waals surface area contributed by atoms with Crippen LogP contribution in [0.15, 0.2) is 52.9 Å². The number of carbonyl (C=O) groups excluding carboxylic acids is 1. The van der Waals surface area contributed by atoms with E-state index in [4.69, 9.17) is 4.42 Å². The highest BCUT2D eigenvalue weighted by atomic mass is 16.3. The Morgan fingerprint density at radius 2 is 1.83 bits per heavy atom. The van der Waals surface area contributed by atoms with E-state index in [-0.39, 0.29) is 5.78 Å². The molecule has 0 unspecified atom stereocenters. The molecular formula is C22H24O2. The van der Waals surface area contributed by atoms with Crippen molar-refractivity contribution in [3.8, 4) is 11.3 Å². The Kier molecular flexibility index (Phi) is 4.84. The minimum atomic E-state index is 0.270. The van der Waals surface area contributed by atoms with Gasteiger partial charge in [0, 0.05) is 17.4 Å². The van der Waals surface area contributed by atoms with Crippen LogP contribution in [-0.2, 0) is 11.2 Å². The quantitative estimate of drug-likeness (QED) is 0.561. The summed E-state index contributed by atoms with van der Waals surface area (Å²) in [6, 6.07) is 16.9. The molecule has 0 radical (unpaired) electrons. The lowest BCUT2D eigenvalue weighted by atomic mass is 9.96. The Morgan fingerprint density at radius 1 is 1.08 bits per heavy atom. The lowest BCUT2D eigenvalue weighted by Crippen LogP contribution is -2.03. The van der Waals surface area contributed by atoms with E-state index in [1.165, 1.54) is 11.1 Å². The van der Waals surface area contributed by atoms with Gasteiger partial charge in [-0.1, -0.05) is 48.9 Å². The largest absolute Gasteiger partial charge is 0.456 e. The molecule has 3 aromatic rings. The summed E-state index contributed by atoms with van der Waals surface area (Å²) in [6.45, 7) is 5.89. The van der Waals surface area contributed by atoms with Gasteiger partial charge in [-0.2, -0.15) is 0 Å². The minimum absolute atomic E-state index is 0.270. The predicted molar refractivity (Wildman–Crippen MR) is 99.2 cm³/mol. The van der Waals surface area contributed by atoms with Crippen LogP contribution < -0.4 is 0 Å². The van der Waals surface area contributed by atoms with Crippen LogP contribution in [0.3, 0.4) is 0 Å². The number of Topliss-reactive ketones (excluding diaryl/α,β-unsaturated/α-hetero) is 1. The summed E-state index contributed by atoms with van der Waals surface area (Å²) >= 11 is 0. The molecule has 1 atom stereocenters. The van der Waals surface area contributed by atoms with Crippen LogP contribution in [0.25, 0.3) is 22.3 Å². The summed E-state index contributed by atoms with van der Waals surface area (Å²) in [5.41, 5.74) is 4.55. The van der Waals surface area contributed by atoms with Crippen LogP contribution in [-0.4, -0.2) is 5.78 Å². The smallest absolute Gasteiger partial charge is 0.135 e. The molecular weight excluding hydrogens is 296 g/mol. The Bertz CT molecular complexity index is 840. The van der Waals surface area contributed by atoms with Gasteiger partial charge in [0.05, 0.1) is 0 Å². The van der Waals surface area contributed by atoms with Gasteiger partial charge in [0.15, 0.2) is 0 Å². The zero-order valence-corrected chi connectivity index (χ0v) is 14.6. The van der Waals surface area contributed by atoms with Gasteiger partial charge in [-0.15, -0.1) is 0 Å². The van der Waals surface area contributed by atoms with Gasteiger partial charge in [-0.25, -0.2) is 0 Å². The van der Waals surface area contributed by atoms with Crippen molar-refractivity contribution in [2.75, 3.05) is 0 Å². The van der Waals surface area contributed by atoms with E-state index in [9.17, 15) is 4.79 Å². The highest BCUT2D eigenvalue weighted by Gasteiger charge is 2.09. The van der Waals surface area contributed by atoms with Crippen molar-refractivity contribution in [3.63, 3.8) is 0 Å². The highest BCUT2D eigenvalue weighted by Crippen LogP contribution is 2.29. The number of fused-ring (bicyclic) bond motifs is 1. The molecule has 0 spiro atoms. The topological polar surface area (TPSA) is 30.2 Å². The number of benzene rings is 2. The summed E-state index contributed by atoms with van der Waals surface area (Å²) in [7, 11) is 0. The zero-order chi connectivity index (χ0) is 17.1. The third-order valence-electron chi connectivity index (χ3n) is 4.48. The summed E-state index contributed by atoms with van der Waals surface area (Å²) in [5.74, 6) is 1.61. The number of rotatable bonds is 6. The number of ketones is 1. The summed E-state index contributed by atoms with van der Waals surface area (Å²) < 4.78 is 6.05. The number of furan rings is 1. The fraction of sp³-hybridized carbons (Fsp3) is 0.318. The summed E-state index contributed by atoms with van der Waals surface area (Å²) in [4.78, 5) is 11.2. The summed E-state index contributed by atoms with van der Waals surface area (Å²) in [6.07, 6.45) is 2.67. The zero-order valence-electron chi connectivity index (χ0n) is 14.6. The number of aryl methyl sites for hydroxylation is 2. The van der Waals surface area contributed by atoms with Gasteiger partial charge < -0.3 is 9.21 Å². The molecule has 1 aromatic heterocycles. The predicted octanol–water partition coefficient (Wildman–Crippen LogP) is 5.96. The van der Waals surface area contributed by atoms with E-state index in [1.807, 2.05) is 0 Å². The fourth-order valence-corrected chi connectivity index (χ4v) is 3.10. The van der Waals surface area contributed by atoms with Crippen molar-refractivity contribution >= 4 is 16.8 Å². The second-order valence-corrected chi connectivity index (χ2v) is 6.90. The molecule has 3 rings (SSSR count). The molecule has 0 aliphatic heterocycles. The maximum Gasteiger partial charge on any atom is 0.135 e. The van der Waals surface area contributed by atoms with Crippen molar-refractivity contribution in [1.82, 2.24) is 0 Å². The van der Waals surface area contributed by atoms with Gasteiger partial charge in [0.1, 0.15) is 17.1 Å². The highest BCUT2D eigenvalue weighted by molar-refractivity contribution is 5.83. The lowest BCUT2D eigenvalue weighted by molar-refractivity contribution is -0.117. The number of carbonyl (C=O) groups is 1. The van der Waals surface area contributed by atoms with Crippen molar-refractivity contribution in [2.24, 2.45) is 5.92 Å². The van der Waals surface area contributed by atoms with Crippen LogP contribution in [0.5, 0.6) is 0 Å². The SMILES string of the molecule is CC(=O)C[C@@H](C)CCc1ccc2cc(-c3ccc(C)cc3)oc2c1. The number of hydrogen-bond donors (Lipinski definition) is 0. The third kappa shape index (κ3) is 3.94. The van der Waals surface area contributed by atoms with Crippen LogP contribution in [0, 0.1) is 12.8 Å². The second-order valence-electron chi connectivity index (χ2n) is 6.90. The lowest BCUT2D eigenvalue weighted by Gasteiger charge is -2.08. The molecule has 0 aliphatic carbocycles. The first-order chi connectivity index (χ1) is 11.5. The van der Waals surface area contributed by atoms with Crippen LogP contribution in [0.1, 0.15) is 37.8 Å². The second kappa shape index (κ2) is 7.04. The van der Waals surface area contributed by atoms with Gasteiger partial charge in [0.2, 0.25) is 0 Å². The Morgan fingerprint density at radius 3 is 2.54 bits per heavy atom. The number of hydrogen-bond acceptors (Lipinski definition) is 2. The van der Waals surface area contributed by atoms with Gasteiger partial charge >= 0.3 is 0 Å². The van der Waals surface area contributed by atoms with Crippen molar-refractivity contribution in [1.29, 1.82) is 0 Å². The molecule has 0 bridgehead atoms.